The molecule has 0 amide bonds. The molecule has 2 saturated heterocycles. The standard InChI is InChI=1S/C14H19FN2O3S/c1-8-4-12(15)13(16)7-14(8)21(19,20)17-9-2-3-10(17)6-11(18)5-9/h4,7,9-11,18H,2-3,5-6,16H2,1H3. The summed E-state index contributed by atoms with van der Waals surface area (Å²) in [6.07, 6.45) is 2.01. The lowest BCUT2D eigenvalue weighted by Crippen LogP contribution is -2.48. The van der Waals surface area contributed by atoms with Crippen LogP contribution in [0.25, 0.3) is 0 Å². The highest BCUT2D eigenvalue weighted by molar-refractivity contribution is 7.89. The zero-order valence-electron chi connectivity index (χ0n) is 11.8. The van der Waals surface area contributed by atoms with Gasteiger partial charge >= 0.3 is 0 Å². The van der Waals surface area contributed by atoms with Crippen LogP contribution in [0.1, 0.15) is 31.2 Å². The molecule has 1 aromatic rings. The molecule has 2 atom stereocenters. The van der Waals surface area contributed by atoms with Crippen molar-refractivity contribution in [1.29, 1.82) is 0 Å². The maximum absolute atomic E-state index is 13.4. The van der Waals surface area contributed by atoms with Crippen molar-refractivity contribution < 1.29 is 17.9 Å². The lowest BCUT2D eigenvalue weighted by Gasteiger charge is -2.36. The van der Waals surface area contributed by atoms with E-state index in [2.05, 4.69) is 0 Å². The van der Waals surface area contributed by atoms with E-state index in [1.165, 1.54) is 10.4 Å². The molecule has 3 rings (SSSR count). The van der Waals surface area contributed by atoms with Gasteiger partial charge in [-0.2, -0.15) is 4.31 Å². The van der Waals surface area contributed by atoms with Crippen LogP contribution in [-0.4, -0.2) is 36.0 Å². The van der Waals surface area contributed by atoms with E-state index in [0.29, 0.717) is 18.4 Å². The highest BCUT2D eigenvalue weighted by Gasteiger charge is 2.47. The van der Waals surface area contributed by atoms with Gasteiger partial charge < -0.3 is 10.8 Å². The van der Waals surface area contributed by atoms with Crippen molar-refractivity contribution in [2.45, 2.75) is 55.7 Å². The minimum atomic E-state index is -3.72. The zero-order chi connectivity index (χ0) is 15.4. The molecule has 0 aliphatic carbocycles. The van der Waals surface area contributed by atoms with E-state index in [1.54, 1.807) is 6.92 Å². The monoisotopic (exact) mass is 314 g/mol. The van der Waals surface area contributed by atoms with Crippen molar-refractivity contribution in [3.8, 4) is 0 Å². The molecule has 3 N–H and O–H groups in total. The average molecular weight is 314 g/mol. The molecule has 0 saturated carbocycles. The first kappa shape index (κ1) is 14.7. The minimum absolute atomic E-state index is 0.0645. The van der Waals surface area contributed by atoms with Crippen molar-refractivity contribution in [2.75, 3.05) is 5.73 Å². The van der Waals surface area contributed by atoms with Gasteiger partial charge in [0.2, 0.25) is 10.0 Å². The molecule has 116 valence electrons. The van der Waals surface area contributed by atoms with Gasteiger partial charge in [0, 0.05) is 12.1 Å². The zero-order valence-corrected chi connectivity index (χ0v) is 12.6. The number of aliphatic hydroxyl groups excluding tert-OH is 1. The van der Waals surface area contributed by atoms with Crippen molar-refractivity contribution in [3.63, 3.8) is 0 Å². The molecule has 2 unspecified atom stereocenters. The summed E-state index contributed by atoms with van der Waals surface area (Å²) >= 11 is 0. The van der Waals surface area contributed by atoms with Crippen LogP contribution in [0.15, 0.2) is 17.0 Å². The Hall–Kier alpha value is -1.18. The summed E-state index contributed by atoms with van der Waals surface area (Å²) < 4.78 is 40.8. The van der Waals surface area contributed by atoms with Crippen molar-refractivity contribution in [3.05, 3.63) is 23.5 Å². The first-order valence-corrected chi connectivity index (χ1v) is 8.52. The minimum Gasteiger partial charge on any atom is -0.396 e. The number of hydrogen-bond donors (Lipinski definition) is 2. The Morgan fingerprint density at radius 3 is 2.43 bits per heavy atom. The molecule has 0 radical (unpaired) electrons. The summed E-state index contributed by atoms with van der Waals surface area (Å²) in [5.74, 6) is -0.608. The summed E-state index contributed by atoms with van der Waals surface area (Å²) in [5, 5.41) is 9.79. The van der Waals surface area contributed by atoms with Gasteiger partial charge in [-0.25, -0.2) is 12.8 Å². The molecular formula is C14H19FN2O3S. The van der Waals surface area contributed by atoms with Gasteiger partial charge in [-0.3, -0.25) is 0 Å². The maximum atomic E-state index is 13.4. The quantitative estimate of drug-likeness (QED) is 0.808. The summed E-state index contributed by atoms with van der Waals surface area (Å²) in [4.78, 5) is 0.0645. The van der Waals surface area contributed by atoms with Crippen LogP contribution in [0.5, 0.6) is 0 Å². The third kappa shape index (κ3) is 2.33. The van der Waals surface area contributed by atoms with Gasteiger partial charge in [-0.15, -0.1) is 0 Å². The first-order valence-electron chi connectivity index (χ1n) is 7.08. The predicted molar refractivity (Wildman–Crippen MR) is 76.6 cm³/mol. The largest absolute Gasteiger partial charge is 0.396 e. The molecule has 5 nitrogen and oxygen atoms in total. The summed E-state index contributed by atoms with van der Waals surface area (Å²) in [6, 6.07) is 2.01. The number of benzene rings is 1. The van der Waals surface area contributed by atoms with Gasteiger partial charge in [-0.05, 0) is 50.3 Å². The number of nitrogens with two attached hydrogens (primary N) is 1. The first-order chi connectivity index (χ1) is 9.80. The number of nitrogens with zero attached hydrogens (tertiary/aromatic N) is 1. The molecule has 1 aromatic carbocycles. The van der Waals surface area contributed by atoms with Crippen LogP contribution < -0.4 is 5.73 Å². The van der Waals surface area contributed by atoms with Gasteiger partial charge in [0.25, 0.3) is 0 Å². The van der Waals surface area contributed by atoms with Crippen LogP contribution in [0.2, 0.25) is 0 Å². The Morgan fingerprint density at radius 2 is 1.86 bits per heavy atom. The number of halogens is 1. The molecular weight excluding hydrogens is 295 g/mol. The van der Waals surface area contributed by atoms with E-state index in [0.717, 1.165) is 18.9 Å². The van der Waals surface area contributed by atoms with Crippen molar-refractivity contribution in [2.24, 2.45) is 0 Å². The molecule has 2 bridgehead atoms. The van der Waals surface area contributed by atoms with Gasteiger partial charge in [0.05, 0.1) is 16.7 Å². The number of aliphatic hydroxyl groups is 1. The Balaban J connectivity index is 2.04. The number of sulfonamides is 1. The number of piperidine rings is 1. The maximum Gasteiger partial charge on any atom is 0.243 e. The molecule has 0 aromatic heterocycles. The van der Waals surface area contributed by atoms with Crippen molar-refractivity contribution >= 4 is 15.7 Å². The summed E-state index contributed by atoms with van der Waals surface area (Å²) in [6.45, 7) is 1.57. The average Bonchev–Trinajstić information content (AvgIpc) is 2.67. The number of hydrogen-bond acceptors (Lipinski definition) is 4. The second kappa shape index (κ2) is 4.93. The van der Waals surface area contributed by atoms with E-state index in [4.69, 9.17) is 5.73 Å². The number of fused-ring (bicyclic) bond motifs is 2. The molecule has 2 fully saturated rings. The number of aryl methyl sites for hydroxylation is 1. The van der Waals surface area contributed by atoms with E-state index in [9.17, 15) is 17.9 Å². The second-order valence-electron chi connectivity index (χ2n) is 5.98. The molecule has 7 heteroatoms. The summed E-state index contributed by atoms with van der Waals surface area (Å²) in [5.41, 5.74) is 5.72. The van der Waals surface area contributed by atoms with Crippen LogP contribution in [-0.2, 0) is 10.0 Å². The third-order valence-electron chi connectivity index (χ3n) is 4.49. The molecule has 2 aliphatic rings. The fraction of sp³-hybridized carbons (Fsp3) is 0.571. The molecule has 2 heterocycles. The Labute approximate surface area is 123 Å². The lowest BCUT2D eigenvalue weighted by molar-refractivity contribution is 0.0768. The van der Waals surface area contributed by atoms with Gasteiger partial charge in [0.15, 0.2) is 0 Å². The van der Waals surface area contributed by atoms with E-state index in [-0.39, 0.29) is 22.7 Å². The molecule has 2 aliphatic heterocycles. The fourth-order valence-electron chi connectivity index (χ4n) is 3.56. The van der Waals surface area contributed by atoms with Crippen LogP contribution in [0, 0.1) is 12.7 Å². The normalized spacial score (nSPS) is 29.8. The number of rotatable bonds is 2. The number of nitrogen functional groups attached to an aromatic ring is 1. The molecule has 0 spiro atoms. The Kier molecular flexibility index (Phi) is 3.46. The van der Waals surface area contributed by atoms with E-state index >= 15 is 0 Å². The Morgan fingerprint density at radius 1 is 1.29 bits per heavy atom. The van der Waals surface area contributed by atoms with Crippen LogP contribution >= 0.6 is 0 Å². The SMILES string of the molecule is Cc1cc(F)c(N)cc1S(=O)(=O)N1C2CCC1CC(O)C2. The smallest absolute Gasteiger partial charge is 0.243 e. The topological polar surface area (TPSA) is 83.6 Å². The predicted octanol–water partition coefficient (Wildman–Crippen LogP) is 1.39. The van der Waals surface area contributed by atoms with Crippen molar-refractivity contribution in [1.82, 2.24) is 4.31 Å². The van der Waals surface area contributed by atoms with Crippen LogP contribution in [0.4, 0.5) is 10.1 Å². The van der Waals surface area contributed by atoms with E-state index in [1.807, 2.05) is 0 Å². The fourth-order valence-corrected chi connectivity index (χ4v) is 5.69. The second-order valence-corrected chi connectivity index (χ2v) is 7.80. The summed E-state index contributed by atoms with van der Waals surface area (Å²) in [7, 11) is -3.72. The van der Waals surface area contributed by atoms with Gasteiger partial charge in [0.1, 0.15) is 5.82 Å². The van der Waals surface area contributed by atoms with E-state index < -0.39 is 21.9 Å². The third-order valence-corrected chi connectivity index (χ3v) is 6.64. The highest BCUT2D eigenvalue weighted by atomic mass is 32.2. The van der Waals surface area contributed by atoms with Gasteiger partial charge in [-0.1, -0.05) is 0 Å². The number of anilines is 1. The highest BCUT2D eigenvalue weighted by Crippen LogP contribution is 2.40. The molecule has 21 heavy (non-hydrogen) atoms. The lowest BCUT2D eigenvalue weighted by atomic mass is 10.0. The van der Waals surface area contributed by atoms with Crippen LogP contribution in [0.3, 0.4) is 0 Å². The Bertz CT molecular complexity index is 663.